The van der Waals surface area contributed by atoms with E-state index in [0.717, 1.165) is 10.0 Å². The van der Waals surface area contributed by atoms with Crippen LogP contribution in [0, 0.1) is 0 Å². The van der Waals surface area contributed by atoms with Crippen LogP contribution in [0.15, 0.2) is 53.0 Å². The number of nitrogens with one attached hydrogen (secondary N) is 1. The zero-order valence-corrected chi connectivity index (χ0v) is 14.1. The second-order valence-corrected chi connectivity index (χ2v) is 5.70. The van der Waals surface area contributed by atoms with Crippen molar-refractivity contribution in [2.75, 3.05) is 13.7 Å². The van der Waals surface area contributed by atoms with E-state index < -0.39 is 0 Å². The predicted octanol–water partition coefficient (Wildman–Crippen LogP) is 3.71. The summed E-state index contributed by atoms with van der Waals surface area (Å²) in [6, 6.07) is 15.0. The Balaban J connectivity index is 1.88. The van der Waals surface area contributed by atoms with Crippen molar-refractivity contribution < 1.29 is 14.3 Å². The summed E-state index contributed by atoms with van der Waals surface area (Å²) in [4.78, 5) is 12.0. The molecule has 0 aliphatic carbocycles. The maximum absolute atomic E-state index is 12.0. The van der Waals surface area contributed by atoms with Crippen LogP contribution < -0.4 is 14.8 Å². The van der Waals surface area contributed by atoms with Crippen molar-refractivity contribution in [3.8, 4) is 11.5 Å². The fourth-order valence-corrected chi connectivity index (χ4v) is 2.26. The van der Waals surface area contributed by atoms with Gasteiger partial charge in [-0.15, -0.1) is 0 Å². The summed E-state index contributed by atoms with van der Waals surface area (Å²) in [6.07, 6.45) is 0. The lowest BCUT2D eigenvalue weighted by molar-refractivity contribution is -0.123. The van der Waals surface area contributed by atoms with Gasteiger partial charge >= 0.3 is 0 Å². The van der Waals surface area contributed by atoms with Gasteiger partial charge in [0.15, 0.2) is 18.1 Å². The van der Waals surface area contributed by atoms with Gasteiger partial charge in [0.25, 0.3) is 5.91 Å². The highest BCUT2D eigenvalue weighted by molar-refractivity contribution is 9.10. The van der Waals surface area contributed by atoms with Crippen LogP contribution in [0.1, 0.15) is 18.5 Å². The fraction of sp³-hybridized carbons (Fsp3) is 0.235. The average Bonchev–Trinajstić information content (AvgIpc) is 2.53. The number of halogens is 1. The van der Waals surface area contributed by atoms with E-state index in [2.05, 4.69) is 21.2 Å². The molecule has 4 nitrogen and oxygen atoms in total. The number of hydrogen-bond acceptors (Lipinski definition) is 3. The zero-order chi connectivity index (χ0) is 15.9. The van der Waals surface area contributed by atoms with Crippen LogP contribution in [-0.4, -0.2) is 19.6 Å². The van der Waals surface area contributed by atoms with E-state index in [1.165, 1.54) is 0 Å². The average molecular weight is 364 g/mol. The van der Waals surface area contributed by atoms with Crippen LogP contribution in [0.25, 0.3) is 0 Å². The Morgan fingerprint density at radius 2 is 1.77 bits per heavy atom. The van der Waals surface area contributed by atoms with Gasteiger partial charge in [-0.3, -0.25) is 4.79 Å². The fourth-order valence-electron chi connectivity index (χ4n) is 2.00. The topological polar surface area (TPSA) is 47.6 Å². The first-order valence-electron chi connectivity index (χ1n) is 6.91. The number of benzene rings is 2. The van der Waals surface area contributed by atoms with Gasteiger partial charge in [0, 0.05) is 4.47 Å². The number of methoxy groups -OCH3 is 1. The zero-order valence-electron chi connectivity index (χ0n) is 12.5. The molecule has 0 heterocycles. The van der Waals surface area contributed by atoms with Crippen molar-refractivity contribution in [2.24, 2.45) is 0 Å². The highest BCUT2D eigenvalue weighted by Gasteiger charge is 2.11. The molecule has 22 heavy (non-hydrogen) atoms. The van der Waals surface area contributed by atoms with Crippen LogP contribution in [0.3, 0.4) is 0 Å². The number of rotatable bonds is 6. The molecule has 0 fully saturated rings. The molecule has 0 aliphatic heterocycles. The number of carbonyl (C=O) groups excluding carboxylic acids is 1. The smallest absolute Gasteiger partial charge is 0.258 e. The Morgan fingerprint density at radius 1 is 1.14 bits per heavy atom. The molecule has 0 bridgehead atoms. The normalized spacial score (nSPS) is 11.6. The minimum absolute atomic E-state index is 0.0543. The summed E-state index contributed by atoms with van der Waals surface area (Å²) in [5.74, 6) is 0.981. The Morgan fingerprint density at radius 3 is 2.41 bits per heavy atom. The maximum atomic E-state index is 12.0. The van der Waals surface area contributed by atoms with Gasteiger partial charge in [-0.05, 0) is 36.8 Å². The molecule has 1 atom stereocenters. The van der Waals surface area contributed by atoms with E-state index in [1.54, 1.807) is 19.2 Å². The second-order valence-electron chi connectivity index (χ2n) is 4.78. The SMILES string of the molecule is COc1ccccc1OCC(=O)NC(C)c1ccc(Br)cc1. The number of ether oxygens (including phenoxy) is 2. The second kappa shape index (κ2) is 7.84. The van der Waals surface area contributed by atoms with Crippen LogP contribution in [0.2, 0.25) is 0 Å². The highest BCUT2D eigenvalue weighted by Crippen LogP contribution is 2.25. The largest absolute Gasteiger partial charge is 0.493 e. The quantitative estimate of drug-likeness (QED) is 0.850. The Bertz CT molecular complexity index is 628. The lowest BCUT2D eigenvalue weighted by Crippen LogP contribution is -2.31. The van der Waals surface area contributed by atoms with E-state index in [1.807, 2.05) is 43.3 Å². The first-order valence-corrected chi connectivity index (χ1v) is 7.70. The van der Waals surface area contributed by atoms with Gasteiger partial charge < -0.3 is 14.8 Å². The van der Waals surface area contributed by atoms with Crippen molar-refractivity contribution in [3.05, 3.63) is 58.6 Å². The van der Waals surface area contributed by atoms with Crippen LogP contribution in [0.4, 0.5) is 0 Å². The predicted molar refractivity (Wildman–Crippen MR) is 89.2 cm³/mol. The molecular weight excluding hydrogens is 346 g/mol. The molecule has 5 heteroatoms. The van der Waals surface area contributed by atoms with E-state index in [9.17, 15) is 4.79 Å². The number of hydrogen-bond donors (Lipinski definition) is 1. The first-order chi connectivity index (χ1) is 10.6. The lowest BCUT2D eigenvalue weighted by atomic mass is 10.1. The number of para-hydroxylation sites is 2. The van der Waals surface area contributed by atoms with Crippen molar-refractivity contribution in [1.29, 1.82) is 0 Å². The third-order valence-electron chi connectivity index (χ3n) is 3.18. The van der Waals surface area contributed by atoms with Crippen molar-refractivity contribution in [1.82, 2.24) is 5.32 Å². The summed E-state index contributed by atoms with van der Waals surface area (Å²) in [6.45, 7) is 1.88. The van der Waals surface area contributed by atoms with Crippen molar-refractivity contribution in [3.63, 3.8) is 0 Å². The van der Waals surface area contributed by atoms with E-state index in [0.29, 0.717) is 11.5 Å². The Hall–Kier alpha value is -2.01. The summed E-state index contributed by atoms with van der Waals surface area (Å²) in [7, 11) is 1.57. The van der Waals surface area contributed by atoms with Crippen LogP contribution in [-0.2, 0) is 4.79 Å². The highest BCUT2D eigenvalue weighted by atomic mass is 79.9. The van der Waals surface area contributed by atoms with Crippen molar-refractivity contribution in [2.45, 2.75) is 13.0 Å². The molecule has 2 rings (SSSR count). The minimum atomic E-state index is -0.179. The van der Waals surface area contributed by atoms with Gasteiger partial charge in [0.1, 0.15) is 0 Å². The molecule has 1 amide bonds. The standard InChI is InChI=1S/C17H18BrNO3/c1-12(13-7-9-14(18)10-8-13)19-17(20)11-22-16-6-4-3-5-15(16)21-2/h3-10,12H,11H2,1-2H3,(H,19,20). The molecule has 0 spiro atoms. The molecule has 0 aliphatic rings. The lowest BCUT2D eigenvalue weighted by Gasteiger charge is -2.15. The molecule has 1 unspecified atom stereocenters. The first kappa shape index (κ1) is 16.4. The summed E-state index contributed by atoms with van der Waals surface area (Å²) in [5.41, 5.74) is 1.04. The maximum Gasteiger partial charge on any atom is 0.258 e. The summed E-state index contributed by atoms with van der Waals surface area (Å²) >= 11 is 3.39. The number of amides is 1. The van der Waals surface area contributed by atoms with E-state index >= 15 is 0 Å². The van der Waals surface area contributed by atoms with Gasteiger partial charge in [-0.2, -0.15) is 0 Å². The molecule has 1 N–H and O–H groups in total. The van der Waals surface area contributed by atoms with E-state index in [-0.39, 0.29) is 18.6 Å². The van der Waals surface area contributed by atoms with Gasteiger partial charge in [-0.1, -0.05) is 40.2 Å². The van der Waals surface area contributed by atoms with Crippen LogP contribution in [0.5, 0.6) is 11.5 Å². The van der Waals surface area contributed by atoms with Gasteiger partial charge in [-0.25, -0.2) is 0 Å². The number of carbonyl (C=O) groups is 1. The Kier molecular flexibility index (Phi) is 5.83. The molecule has 116 valence electrons. The van der Waals surface area contributed by atoms with Crippen LogP contribution >= 0.6 is 15.9 Å². The van der Waals surface area contributed by atoms with Crippen molar-refractivity contribution >= 4 is 21.8 Å². The molecular formula is C17H18BrNO3. The summed E-state index contributed by atoms with van der Waals surface area (Å²) in [5, 5.41) is 2.90. The van der Waals surface area contributed by atoms with E-state index in [4.69, 9.17) is 9.47 Å². The molecule has 0 aromatic heterocycles. The Labute approximate surface area is 138 Å². The molecule has 2 aromatic carbocycles. The van der Waals surface area contributed by atoms with Gasteiger partial charge in [0.05, 0.1) is 13.2 Å². The third kappa shape index (κ3) is 4.49. The monoisotopic (exact) mass is 363 g/mol. The molecule has 2 aromatic rings. The molecule has 0 saturated carbocycles. The molecule has 0 radical (unpaired) electrons. The van der Waals surface area contributed by atoms with Gasteiger partial charge in [0.2, 0.25) is 0 Å². The minimum Gasteiger partial charge on any atom is -0.493 e. The molecule has 0 saturated heterocycles. The third-order valence-corrected chi connectivity index (χ3v) is 3.70. The summed E-state index contributed by atoms with van der Waals surface area (Å²) < 4.78 is 11.7.